The smallest absolute Gasteiger partial charge is 0.338 e. The van der Waals surface area contributed by atoms with Crippen molar-refractivity contribution in [3.8, 4) is 11.5 Å². The zero-order valence-corrected chi connectivity index (χ0v) is 26.5. The van der Waals surface area contributed by atoms with Crippen molar-refractivity contribution in [2.24, 2.45) is 0 Å². The van der Waals surface area contributed by atoms with Crippen molar-refractivity contribution in [2.45, 2.75) is 62.1 Å². The average molecular weight is 634 g/mol. The van der Waals surface area contributed by atoms with E-state index in [9.17, 15) is 9.59 Å². The maximum atomic E-state index is 13.8. The molecule has 3 aliphatic rings. The van der Waals surface area contributed by atoms with Crippen LogP contribution in [0.3, 0.4) is 0 Å². The molecular formula is C33H39N5O6S. The number of thioether (sulfide) groups is 1. The van der Waals surface area contributed by atoms with Gasteiger partial charge in [-0.3, -0.25) is 4.79 Å². The highest BCUT2D eigenvalue weighted by molar-refractivity contribution is 7.98. The van der Waals surface area contributed by atoms with Gasteiger partial charge in [-0.1, -0.05) is 54.6 Å². The molecule has 1 saturated heterocycles. The Morgan fingerprint density at radius 2 is 1.82 bits per heavy atom. The van der Waals surface area contributed by atoms with Crippen molar-refractivity contribution < 1.29 is 28.5 Å². The summed E-state index contributed by atoms with van der Waals surface area (Å²) >= 11 is 1.53. The van der Waals surface area contributed by atoms with Crippen molar-refractivity contribution in [3.63, 3.8) is 0 Å². The topological polar surface area (TPSA) is 117 Å². The monoisotopic (exact) mass is 633 g/mol. The van der Waals surface area contributed by atoms with E-state index >= 15 is 0 Å². The largest absolute Gasteiger partial charge is 0.493 e. The SMILES string of the molecule is COc1cc(C2C(C(=O)OC3CCCCC3)=C(C)Nc3nc(SCc4ccccc4)nn32)ccc1OCC(=O)N1CCOCC1. The number of aromatic nitrogens is 3. The van der Waals surface area contributed by atoms with E-state index in [1.165, 1.54) is 17.3 Å². The Labute approximate surface area is 267 Å². The van der Waals surface area contributed by atoms with Crippen LogP contribution in [0.15, 0.2) is 65.0 Å². The number of benzene rings is 2. The van der Waals surface area contributed by atoms with Gasteiger partial charge in [0.1, 0.15) is 12.1 Å². The van der Waals surface area contributed by atoms with Crippen LogP contribution in [0.2, 0.25) is 0 Å². The number of methoxy groups -OCH3 is 1. The number of hydrogen-bond donors (Lipinski definition) is 1. The molecule has 1 N–H and O–H groups in total. The normalized spacial score (nSPS) is 18.6. The van der Waals surface area contributed by atoms with Gasteiger partial charge in [0.15, 0.2) is 18.1 Å². The molecule has 1 saturated carbocycles. The average Bonchev–Trinajstić information content (AvgIpc) is 3.49. The molecule has 0 radical (unpaired) electrons. The molecule has 1 atom stereocenters. The number of rotatable bonds is 10. The summed E-state index contributed by atoms with van der Waals surface area (Å²) in [7, 11) is 1.55. The molecule has 1 amide bonds. The maximum absolute atomic E-state index is 13.8. The molecule has 0 spiro atoms. The highest BCUT2D eigenvalue weighted by Crippen LogP contribution is 2.40. The van der Waals surface area contributed by atoms with Crippen LogP contribution in [0, 0.1) is 0 Å². The Bertz CT molecular complexity index is 1530. The van der Waals surface area contributed by atoms with Gasteiger partial charge in [-0.25, -0.2) is 9.48 Å². The molecular weight excluding hydrogens is 594 g/mol. The van der Waals surface area contributed by atoms with Gasteiger partial charge in [-0.05, 0) is 55.9 Å². The summed E-state index contributed by atoms with van der Waals surface area (Å²) in [5, 5.41) is 8.75. The summed E-state index contributed by atoms with van der Waals surface area (Å²) < 4.78 is 24.8. The number of carbonyl (C=O) groups excluding carboxylic acids is 2. The van der Waals surface area contributed by atoms with Gasteiger partial charge < -0.3 is 29.2 Å². The molecule has 2 aromatic carbocycles. The second kappa shape index (κ2) is 14.4. The van der Waals surface area contributed by atoms with E-state index in [0.717, 1.165) is 37.7 Å². The summed E-state index contributed by atoms with van der Waals surface area (Å²) in [6, 6.07) is 15.0. The number of esters is 1. The lowest BCUT2D eigenvalue weighted by atomic mass is 9.94. The third kappa shape index (κ3) is 7.28. The lowest BCUT2D eigenvalue weighted by Gasteiger charge is -2.30. The van der Waals surface area contributed by atoms with Crippen LogP contribution in [0.4, 0.5) is 5.95 Å². The van der Waals surface area contributed by atoms with Crippen LogP contribution >= 0.6 is 11.8 Å². The van der Waals surface area contributed by atoms with E-state index in [-0.39, 0.29) is 24.6 Å². The first-order chi connectivity index (χ1) is 22.0. The summed E-state index contributed by atoms with van der Waals surface area (Å²) in [5.41, 5.74) is 3.05. The van der Waals surface area contributed by atoms with Crippen LogP contribution < -0.4 is 14.8 Å². The van der Waals surface area contributed by atoms with Crippen molar-refractivity contribution in [1.82, 2.24) is 19.7 Å². The molecule has 45 heavy (non-hydrogen) atoms. The van der Waals surface area contributed by atoms with Gasteiger partial charge >= 0.3 is 5.97 Å². The zero-order valence-electron chi connectivity index (χ0n) is 25.7. The van der Waals surface area contributed by atoms with Gasteiger partial charge in [0, 0.05) is 24.5 Å². The van der Waals surface area contributed by atoms with E-state index in [1.54, 1.807) is 22.8 Å². The molecule has 0 bridgehead atoms. The number of hydrogen-bond acceptors (Lipinski definition) is 10. The number of amides is 1. The predicted octanol–water partition coefficient (Wildman–Crippen LogP) is 4.98. The first-order valence-electron chi connectivity index (χ1n) is 15.5. The van der Waals surface area contributed by atoms with Crippen LogP contribution in [0.25, 0.3) is 0 Å². The molecule has 238 valence electrons. The molecule has 2 aliphatic heterocycles. The van der Waals surface area contributed by atoms with Crippen molar-refractivity contribution in [2.75, 3.05) is 45.3 Å². The lowest BCUT2D eigenvalue weighted by Crippen LogP contribution is -2.43. The number of nitrogens with one attached hydrogen (secondary N) is 1. The number of allylic oxidation sites excluding steroid dienone is 1. The third-order valence-corrected chi connectivity index (χ3v) is 9.22. The fraction of sp³-hybridized carbons (Fsp3) is 0.455. The van der Waals surface area contributed by atoms with Crippen molar-refractivity contribution in [3.05, 3.63) is 70.9 Å². The minimum atomic E-state index is -0.617. The van der Waals surface area contributed by atoms with Crippen molar-refractivity contribution in [1.29, 1.82) is 0 Å². The second-order valence-corrected chi connectivity index (χ2v) is 12.3. The fourth-order valence-electron chi connectivity index (χ4n) is 5.90. The quantitative estimate of drug-likeness (QED) is 0.242. The Morgan fingerprint density at radius 3 is 2.58 bits per heavy atom. The molecule has 1 aromatic heterocycles. The highest BCUT2D eigenvalue weighted by Gasteiger charge is 2.37. The van der Waals surface area contributed by atoms with Crippen LogP contribution in [0.1, 0.15) is 56.2 Å². The van der Waals surface area contributed by atoms with Gasteiger partial charge in [-0.2, -0.15) is 4.98 Å². The van der Waals surface area contributed by atoms with Crippen molar-refractivity contribution >= 4 is 29.6 Å². The number of anilines is 1. The third-order valence-electron chi connectivity index (χ3n) is 8.31. The van der Waals surface area contributed by atoms with E-state index in [2.05, 4.69) is 17.4 Å². The Morgan fingerprint density at radius 1 is 1.04 bits per heavy atom. The molecule has 1 aliphatic carbocycles. The molecule has 12 heteroatoms. The Balaban J connectivity index is 1.28. The van der Waals surface area contributed by atoms with Gasteiger partial charge in [-0.15, -0.1) is 5.10 Å². The van der Waals surface area contributed by atoms with Gasteiger partial charge in [0.2, 0.25) is 11.1 Å². The fourth-order valence-corrected chi connectivity index (χ4v) is 6.69. The molecule has 1 unspecified atom stereocenters. The second-order valence-electron chi connectivity index (χ2n) is 11.4. The lowest BCUT2D eigenvalue weighted by molar-refractivity contribution is -0.146. The van der Waals surface area contributed by atoms with Gasteiger partial charge in [0.25, 0.3) is 5.91 Å². The van der Waals surface area contributed by atoms with Crippen LogP contribution in [0.5, 0.6) is 11.5 Å². The highest BCUT2D eigenvalue weighted by atomic mass is 32.2. The van der Waals surface area contributed by atoms with Gasteiger partial charge in [0.05, 0.1) is 25.9 Å². The Hall–Kier alpha value is -4.03. The molecule has 6 rings (SSSR count). The molecule has 3 heterocycles. The zero-order chi connectivity index (χ0) is 31.2. The standard InChI is InChI=1S/C33H39N5O6S/c1-22-29(31(40)44-25-11-7-4-8-12-25)30(38-32(34-22)35-33(36-38)45-21-23-9-5-3-6-10-23)24-13-14-26(27(19-24)41-2)43-20-28(39)37-15-17-42-18-16-37/h3,5-6,9-10,13-14,19,25,30H,4,7-8,11-12,15-18,20-21H2,1-2H3,(H,34,35,36). The van der Waals surface area contributed by atoms with E-state index in [4.69, 9.17) is 29.0 Å². The summed E-state index contributed by atoms with van der Waals surface area (Å²) in [5.74, 6) is 1.65. The summed E-state index contributed by atoms with van der Waals surface area (Å²) in [6.07, 6.45) is 4.91. The van der Waals surface area contributed by atoms with E-state index in [0.29, 0.717) is 65.9 Å². The molecule has 11 nitrogen and oxygen atoms in total. The number of carbonyl (C=O) groups is 2. The summed E-state index contributed by atoms with van der Waals surface area (Å²) in [4.78, 5) is 33.0. The molecule has 2 fully saturated rings. The number of ether oxygens (including phenoxy) is 4. The first-order valence-corrected chi connectivity index (χ1v) is 16.5. The van der Waals surface area contributed by atoms with Crippen LogP contribution in [-0.2, 0) is 24.8 Å². The van der Waals surface area contributed by atoms with Crippen LogP contribution in [-0.4, -0.2) is 77.7 Å². The number of nitrogens with zero attached hydrogens (tertiary/aromatic N) is 4. The molecule has 3 aromatic rings. The maximum Gasteiger partial charge on any atom is 0.338 e. The Kier molecular flexibility index (Phi) is 9.90. The number of fused-ring (bicyclic) bond motifs is 1. The minimum Gasteiger partial charge on any atom is -0.493 e. The first kappa shape index (κ1) is 31.0. The van der Waals surface area contributed by atoms with E-state index in [1.807, 2.05) is 37.3 Å². The predicted molar refractivity (Wildman–Crippen MR) is 169 cm³/mol. The number of morpholine rings is 1. The minimum absolute atomic E-state index is 0.101. The van der Waals surface area contributed by atoms with E-state index < -0.39 is 6.04 Å². The summed E-state index contributed by atoms with van der Waals surface area (Å²) in [6.45, 7) is 3.89.